The van der Waals surface area contributed by atoms with Gasteiger partial charge in [0.2, 0.25) is 0 Å². The molecule has 4 aromatic carbocycles. The van der Waals surface area contributed by atoms with Crippen molar-refractivity contribution in [2.45, 2.75) is 50.7 Å². The first kappa shape index (κ1) is 23.7. The zero-order valence-corrected chi connectivity index (χ0v) is 20.5. The van der Waals surface area contributed by atoms with Crippen molar-refractivity contribution in [2.24, 2.45) is 0 Å². The average Bonchev–Trinajstić information content (AvgIpc) is 2.96. The smallest absolute Gasteiger partial charge is 0.119 e. The zero-order chi connectivity index (χ0) is 24.6. The second kappa shape index (κ2) is 11.1. The largest absolute Gasteiger partial charge is 0.489 e. The molecular formula is C33H31NO2. The molecule has 0 bridgehead atoms. The third-order valence-corrected chi connectivity index (χ3v) is 7.23. The Balaban J connectivity index is 1.22. The number of benzene rings is 4. The van der Waals surface area contributed by atoms with Crippen LogP contribution in [0.5, 0.6) is 11.5 Å². The van der Waals surface area contributed by atoms with Crippen LogP contribution in [0.2, 0.25) is 0 Å². The lowest BCUT2D eigenvalue weighted by Crippen LogP contribution is -2.30. The van der Waals surface area contributed by atoms with E-state index in [0.29, 0.717) is 18.8 Å². The summed E-state index contributed by atoms with van der Waals surface area (Å²) in [6.07, 6.45) is 6.28. The number of nitriles is 1. The maximum atomic E-state index is 8.93. The molecule has 1 fully saturated rings. The molecule has 0 spiro atoms. The first-order chi connectivity index (χ1) is 17.7. The molecule has 5 rings (SSSR count). The van der Waals surface area contributed by atoms with Crippen molar-refractivity contribution in [3.8, 4) is 17.6 Å². The monoisotopic (exact) mass is 473 g/mol. The van der Waals surface area contributed by atoms with Crippen LogP contribution in [0.15, 0.2) is 103 Å². The molecule has 0 N–H and O–H groups in total. The normalized spacial score (nSPS) is 14.5. The Hall–Kier alpha value is -4.03. The third kappa shape index (κ3) is 5.44. The van der Waals surface area contributed by atoms with E-state index in [0.717, 1.165) is 22.6 Å². The van der Waals surface area contributed by atoms with Gasteiger partial charge in [-0.25, -0.2) is 0 Å². The maximum Gasteiger partial charge on any atom is 0.119 e. The molecule has 0 heterocycles. The van der Waals surface area contributed by atoms with Crippen LogP contribution in [0.25, 0.3) is 0 Å². The van der Waals surface area contributed by atoms with E-state index in [4.69, 9.17) is 14.7 Å². The van der Waals surface area contributed by atoms with Gasteiger partial charge in [0.25, 0.3) is 0 Å². The molecule has 0 aliphatic heterocycles. The molecule has 4 aromatic rings. The van der Waals surface area contributed by atoms with Gasteiger partial charge in [0.15, 0.2) is 0 Å². The lowest BCUT2D eigenvalue weighted by Gasteiger charge is -2.38. The quantitative estimate of drug-likeness (QED) is 0.261. The Morgan fingerprint density at radius 2 is 1.17 bits per heavy atom. The summed E-state index contributed by atoms with van der Waals surface area (Å²) >= 11 is 0. The van der Waals surface area contributed by atoms with Crippen LogP contribution in [-0.4, -0.2) is 0 Å². The molecule has 0 aromatic heterocycles. The molecule has 3 nitrogen and oxygen atoms in total. The average molecular weight is 474 g/mol. The van der Waals surface area contributed by atoms with E-state index >= 15 is 0 Å². The van der Waals surface area contributed by atoms with Gasteiger partial charge in [-0.3, -0.25) is 0 Å². The van der Waals surface area contributed by atoms with Crippen LogP contribution < -0.4 is 9.47 Å². The van der Waals surface area contributed by atoms with E-state index in [-0.39, 0.29) is 5.41 Å². The highest BCUT2D eigenvalue weighted by atomic mass is 16.5. The van der Waals surface area contributed by atoms with Gasteiger partial charge in [0.05, 0.1) is 11.6 Å². The molecule has 0 atom stereocenters. The SMILES string of the molecule is N#Cc1ccc(OCc2cccc(COc3ccc(C4(c5ccccc5)CCCCC4)cc3)c2)cc1. The predicted octanol–water partition coefficient (Wildman–Crippen LogP) is 7.97. The summed E-state index contributed by atoms with van der Waals surface area (Å²) < 4.78 is 12.0. The van der Waals surface area contributed by atoms with Crippen molar-refractivity contribution in [3.05, 3.63) is 131 Å². The number of rotatable bonds is 8. The summed E-state index contributed by atoms with van der Waals surface area (Å²) in [5.41, 5.74) is 5.75. The van der Waals surface area contributed by atoms with Gasteiger partial charge in [-0.15, -0.1) is 0 Å². The van der Waals surface area contributed by atoms with Gasteiger partial charge in [-0.05, 0) is 77.6 Å². The highest BCUT2D eigenvalue weighted by Gasteiger charge is 2.35. The van der Waals surface area contributed by atoms with Crippen LogP contribution in [0.4, 0.5) is 0 Å². The van der Waals surface area contributed by atoms with E-state index in [1.54, 1.807) is 12.1 Å². The molecule has 180 valence electrons. The summed E-state index contributed by atoms with van der Waals surface area (Å²) in [4.78, 5) is 0. The van der Waals surface area contributed by atoms with Crippen molar-refractivity contribution in [3.63, 3.8) is 0 Å². The van der Waals surface area contributed by atoms with Crippen molar-refractivity contribution < 1.29 is 9.47 Å². The van der Waals surface area contributed by atoms with Crippen LogP contribution in [-0.2, 0) is 18.6 Å². The van der Waals surface area contributed by atoms with E-state index < -0.39 is 0 Å². The fourth-order valence-electron chi connectivity index (χ4n) is 5.29. The molecule has 0 unspecified atom stereocenters. The number of nitrogens with zero attached hydrogens (tertiary/aromatic N) is 1. The summed E-state index contributed by atoms with van der Waals surface area (Å²) in [5, 5.41) is 8.93. The Morgan fingerprint density at radius 3 is 1.75 bits per heavy atom. The Bertz CT molecular complexity index is 1300. The van der Waals surface area contributed by atoms with Gasteiger partial charge in [0.1, 0.15) is 24.7 Å². The van der Waals surface area contributed by atoms with Crippen LogP contribution in [0.3, 0.4) is 0 Å². The topological polar surface area (TPSA) is 42.2 Å². The predicted molar refractivity (Wildman–Crippen MR) is 143 cm³/mol. The number of hydrogen-bond donors (Lipinski definition) is 0. The molecule has 1 saturated carbocycles. The van der Waals surface area contributed by atoms with Gasteiger partial charge < -0.3 is 9.47 Å². The van der Waals surface area contributed by atoms with Crippen molar-refractivity contribution in [2.75, 3.05) is 0 Å². The summed E-state index contributed by atoms with van der Waals surface area (Å²) in [6.45, 7) is 0.976. The molecule has 36 heavy (non-hydrogen) atoms. The summed E-state index contributed by atoms with van der Waals surface area (Å²) in [5.74, 6) is 1.64. The summed E-state index contributed by atoms with van der Waals surface area (Å²) in [6, 6.07) is 37.3. The highest BCUT2D eigenvalue weighted by molar-refractivity contribution is 5.42. The van der Waals surface area contributed by atoms with E-state index in [1.807, 2.05) is 18.2 Å². The Kier molecular flexibility index (Phi) is 7.33. The van der Waals surface area contributed by atoms with Gasteiger partial charge >= 0.3 is 0 Å². The first-order valence-corrected chi connectivity index (χ1v) is 12.7. The van der Waals surface area contributed by atoms with Crippen LogP contribution >= 0.6 is 0 Å². The molecule has 1 aliphatic carbocycles. The molecule has 0 radical (unpaired) electrons. The molecular weight excluding hydrogens is 442 g/mol. The zero-order valence-electron chi connectivity index (χ0n) is 20.5. The standard InChI is InChI=1S/C33H31NO2/c34-23-26-12-16-31(17-13-26)35-24-27-8-7-9-28(22-27)25-36-32-18-14-30(15-19-32)33(20-5-2-6-21-33)29-10-3-1-4-11-29/h1,3-4,7-19,22H,2,5-6,20-21,24-25H2. The van der Waals surface area contributed by atoms with Gasteiger partial charge in [-0.1, -0.05) is 79.9 Å². The lowest BCUT2D eigenvalue weighted by molar-refractivity contribution is 0.299. The van der Waals surface area contributed by atoms with E-state index in [2.05, 4.69) is 78.9 Å². The minimum atomic E-state index is 0.112. The van der Waals surface area contributed by atoms with Gasteiger partial charge in [-0.2, -0.15) is 5.26 Å². The molecule has 1 aliphatic rings. The summed E-state index contributed by atoms with van der Waals surface area (Å²) in [7, 11) is 0. The van der Waals surface area contributed by atoms with Crippen molar-refractivity contribution in [1.82, 2.24) is 0 Å². The third-order valence-electron chi connectivity index (χ3n) is 7.23. The van der Waals surface area contributed by atoms with E-state index in [1.165, 1.54) is 43.2 Å². The highest BCUT2D eigenvalue weighted by Crippen LogP contribution is 2.45. The molecule has 0 saturated heterocycles. The van der Waals surface area contributed by atoms with Crippen LogP contribution in [0, 0.1) is 11.3 Å². The molecule has 3 heteroatoms. The van der Waals surface area contributed by atoms with E-state index in [9.17, 15) is 0 Å². The lowest BCUT2D eigenvalue weighted by atomic mass is 9.65. The number of hydrogen-bond acceptors (Lipinski definition) is 3. The fraction of sp³-hybridized carbons (Fsp3) is 0.242. The Morgan fingerprint density at radius 1 is 0.611 bits per heavy atom. The fourth-order valence-corrected chi connectivity index (χ4v) is 5.29. The molecule has 0 amide bonds. The Labute approximate surface area is 214 Å². The number of ether oxygens (including phenoxy) is 2. The minimum absolute atomic E-state index is 0.112. The minimum Gasteiger partial charge on any atom is -0.489 e. The van der Waals surface area contributed by atoms with Crippen LogP contribution in [0.1, 0.15) is 59.9 Å². The van der Waals surface area contributed by atoms with Crippen molar-refractivity contribution in [1.29, 1.82) is 5.26 Å². The van der Waals surface area contributed by atoms with Gasteiger partial charge in [0, 0.05) is 5.41 Å². The van der Waals surface area contributed by atoms with Crippen molar-refractivity contribution >= 4 is 0 Å². The maximum absolute atomic E-state index is 8.93. The second-order valence-electron chi connectivity index (χ2n) is 9.57. The second-order valence-corrected chi connectivity index (χ2v) is 9.57. The first-order valence-electron chi connectivity index (χ1n) is 12.7.